The Hall–Kier alpha value is -0.930. The molecule has 2 rings (SSSR count). The van der Waals surface area contributed by atoms with Crippen LogP contribution in [-0.2, 0) is 4.74 Å². The Kier molecular flexibility index (Phi) is 3.56. The molecule has 0 radical (unpaired) electrons. The number of halogens is 1. The number of aryl methyl sites for hydroxylation is 1. The van der Waals surface area contributed by atoms with E-state index < -0.39 is 0 Å². The number of hydrogen-bond acceptors (Lipinski definition) is 2. The fourth-order valence-electron chi connectivity index (χ4n) is 2.26. The SMILES string of the molecule is Cc1cccc(C(N)C2CCOCC2)c1F. The molecule has 1 unspecified atom stereocenters. The molecular formula is C13H18FNO. The second kappa shape index (κ2) is 4.93. The van der Waals surface area contributed by atoms with Gasteiger partial charge in [-0.3, -0.25) is 0 Å². The predicted molar refractivity (Wildman–Crippen MR) is 61.6 cm³/mol. The summed E-state index contributed by atoms with van der Waals surface area (Å²) in [6, 6.07) is 5.23. The summed E-state index contributed by atoms with van der Waals surface area (Å²) in [4.78, 5) is 0. The van der Waals surface area contributed by atoms with Gasteiger partial charge in [0.1, 0.15) is 5.82 Å². The van der Waals surface area contributed by atoms with Crippen LogP contribution in [0, 0.1) is 18.7 Å². The fraction of sp³-hybridized carbons (Fsp3) is 0.538. The summed E-state index contributed by atoms with van der Waals surface area (Å²) in [5.41, 5.74) is 7.46. The van der Waals surface area contributed by atoms with Crippen molar-refractivity contribution >= 4 is 0 Å². The van der Waals surface area contributed by atoms with E-state index >= 15 is 0 Å². The summed E-state index contributed by atoms with van der Waals surface area (Å²) in [5.74, 6) is 0.187. The molecule has 1 heterocycles. The Labute approximate surface area is 95.6 Å². The molecule has 1 saturated heterocycles. The molecule has 0 saturated carbocycles. The van der Waals surface area contributed by atoms with E-state index in [1.165, 1.54) is 0 Å². The lowest BCUT2D eigenvalue weighted by atomic mass is 9.87. The van der Waals surface area contributed by atoms with Gasteiger partial charge in [-0.05, 0) is 31.2 Å². The monoisotopic (exact) mass is 223 g/mol. The van der Waals surface area contributed by atoms with Gasteiger partial charge in [0.15, 0.2) is 0 Å². The molecule has 1 aliphatic rings. The maximum Gasteiger partial charge on any atom is 0.130 e. The van der Waals surface area contributed by atoms with E-state index in [2.05, 4.69) is 0 Å². The van der Waals surface area contributed by atoms with E-state index in [9.17, 15) is 4.39 Å². The van der Waals surface area contributed by atoms with Crippen LogP contribution in [0.15, 0.2) is 18.2 Å². The Balaban J connectivity index is 2.19. The highest BCUT2D eigenvalue weighted by Gasteiger charge is 2.24. The minimum absolute atomic E-state index is 0.151. The van der Waals surface area contributed by atoms with Crippen LogP contribution in [0.4, 0.5) is 4.39 Å². The lowest BCUT2D eigenvalue weighted by Gasteiger charge is -2.28. The van der Waals surface area contributed by atoms with Crippen molar-refractivity contribution in [3.63, 3.8) is 0 Å². The topological polar surface area (TPSA) is 35.2 Å². The summed E-state index contributed by atoms with van der Waals surface area (Å²) in [6.45, 7) is 3.26. The number of ether oxygens (including phenoxy) is 1. The highest BCUT2D eigenvalue weighted by Crippen LogP contribution is 2.30. The van der Waals surface area contributed by atoms with Crippen LogP contribution in [0.25, 0.3) is 0 Å². The van der Waals surface area contributed by atoms with Gasteiger partial charge in [0, 0.05) is 24.8 Å². The van der Waals surface area contributed by atoms with Crippen LogP contribution in [0.3, 0.4) is 0 Å². The van der Waals surface area contributed by atoms with Crippen molar-refractivity contribution in [1.82, 2.24) is 0 Å². The molecule has 0 aromatic heterocycles. The Bertz CT molecular complexity index is 361. The van der Waals surface area contributed by atoms with Gasteiger partial charge in [0.2, 0.25) is 0 Å². The summed E-state index contributed by atoms with van der Waals surface area (Å²) >= 11 is 0. The molecular weight excluding hydrogens is 205 g/mol. The first-order chi connectivity index (χ1) is 7.70. The number of benzene rings is 1. The zero-order chi connectivity index (χ0) is 11.5. The zero-order valence-electron chi connectivity index (χ0n) is 9.58. The van der Waals surface area contributed by atoms with Crippen molar-refractivity contribution in [2.24, 2.45) is 11.7 Å². The van der Waals surface area contributed by atoms with Crippen LogP contribution >= 0.6 is 0 Å². The number of hydrogen-bond donors (Lipinski definition) is 1. The maximum absolute atomic E-state index is 13.9. The van der Waals surface area contributed by atoms with Gasteiger partial charge in [-0.15, -0.1) is 0 Å². The molecule has 1 fully saturated rings. The summed E-state index contributed by atoms with van der Waals surface area (Å²) < 4.78 is 19.2. The van der Waals surface area contributed by atoms with Gasteiger partial charge in [-0.25, -0.2) is 4.39 Å². The van der Waals surface area contributed by atoms with Crippen LogP contribution in [-0.4, -0.2) is 13.2 Å². The molecule has 1 aromatic carbocycles. The quantitative estimate of drug-likeness (QED) is 0.836. The van der Waals surface area contributed by atoms with Gasteiger partial charge in [-0.1, -0.05) is 18.2 Å². The first-order valence-corrected chi connectivity index (χ1v) is 5.78. The van der Waals surface area contributed by atoms with Crippen molar-refractivity contribution in [2.75, 3.05) is 13.2 Å². The third-order valence-electron chi connectivity index (χ3n) is 3.35. The van der Waals surface area contributed by atoms with Crippen molar-refractivity contribution in [2.45, 2.75) is 25.8 Å². The van der Waals surface area contributed by atoms with Crippen molar-refractivity contribution < 1.29 is 9.13 Å². The highest BCUT2D eigenvalue weighted by atomic mass is 19.1. The van der Waals surface area contributed by atoms with E-state index in [-0.39, 0.29) is 11.9 Å². The first-order valence-electron chi connectivity index (χ1n) is 5.78. The minimum atomic E-state index is -0.205. The van der Waals surface area contributed by atoms with E-state index in [0.717, 1.165) is 26.1 Å². The summed E-state index contributed by atoms with van der Waals surface area (Å²) in [5, 5.41) is 0. The van der Waals surface area contributed by atoms with E-state index in [1.807, 2.05) is 6.07 Å². The molecule has 16 heavy (non-hydrogen) atoms. The Morgan fingerprint density at radius 1 is 1.38 bits per heavy atom. The summed E-state index contributed by atoms with van der Waals surface area (Å²) in [6.07, 6.45) is 1.85. The van der Waals surface area contributed by atoms with Gasteiger partial charge in [-0.2, -0.15) is 0 Å². The van der Waals surface area contributed by atoms with Crippen LogP contribution in [0.2, 0.25) is 0 Å². The van der Waals surface area contributed by atoms with E-state index in [4.69, 9.17) is 10.5 Å². The second-order valence-electron chi connectivity index (χ2n) is 4.45. The predicted octanol–water partition coefficient (Wildman–Crippen LogP) is 2.56. The zero-order valence-corrected chi connectivity index (χ0v) is 9.58. The van der Waals surface area contributed by atoms with Crippen molar-refractivity contribution in [1.29, 1.82) is 0 Å². The molecule has 1 aromatic rings. The van der Waals surface area contributed by atoms with Gasteiger partial charge in [0.25, 0.3) is 0 Å². The molecule has 2 nitrogen and oxygen atoms in total. The smallest absolute Gasteiger partial charge is 0.130 e. The molecule has 1 aliphatic heterocycles. The van der Waals surface area contributed by atoms with Crippen LogP contribution in [0.1, 0.15) is 30.0 Å². The third-order valence-corrected chi connectivity index (χ3v) is 3.35. The molecule has 2 N–H and O–H groups in total. The fourth-order valence-corrected chi connectivity index (χ4v) is 2.26. The molecule has 0 aliphatic carbocycles. The molecule has 1 atom stereocenters. The molecule has 0 spiro atoms. The standard InChI is InChI=1S/C13H18FNO/c1-9-3-2-4-11(12(9)14)13(15)10-5-7-16-8-6-10/h2-4,10,13H,5-8,15H2,1H3. The third kappa shape index (κ3) is 2.25. The average Bonchev–Trinajstić information content (AvgIpc) is 2.33. The van der Waals surface area contributed by atoms with Crippen LogP contribution < -0.4 is 5.73 Å². The average molecular weight is 223 g/mol. The normalized spacial score (nSPS) is 19.7. The van der Waals surface area contributed by atoms with E-state index in [1.54, 1.807) is 19.1 Å². The lowest BCUT2D eigenvalue weighted by Crippen LogP contribution is -2.28. The lowest BCUT2D eigenvalue weighted by molar-refractivity contribution is 0.0580. The second-order valence-corrected chi connectivity index (χ2v) is 4.45. The highest BCUT2D eigenvalue weighted by molar-refractivity contribution is 5.27. The van der Waals surface area contributed by atoms with Crippen LogP contribution in [0.5, 0.6) is 0 Å². The van der Waals surface area contributed by atoms with Gasteiger partial charge < -0.3 is 10.5 Å². The van der Waals surface area contributed by atoms with Gasteiger partial charge in [0.05, 0.1) is 0 Å². The Morgan fingerprint density at radius 3 is 2.75 bits per heavy atom. The maximum atomic E-state index is 13.9. The largest absolute Gasteiger partial charge is 0.381 e. The van der Waals surface area contributed by atoms with Crippen molar-refractivity contribution in [3.05, 3.63) is 35.1 Å². The van der Waals surface area contributed by atoms with Gasteiger partial charge >= 0.3 is 0 Å². The van der Waals surface area contributed by atoms with E-state index in [0.29, 0.717) is 17.0 Å². The molecule has 88 valence electrons. The van der Waals surface area contributed by atoms with Crippen molar-refractivity contribution in [3.8, 4) is 0 Å². The number of rotatable bonds is 2. The molecule has 3 heteroatoms. The first kappa shape index (κ1) is 11.6. The number of nitrogens with two attached hydrogens (primary N) is 1. The Morgan fingerprint density at radius 2 is 2.06 bits per heavy atom. The molecule has 0 amide bonds. The molecule has 0 bridgehead atoms. The summed E-state index contributed by atoms with van der Waals surface area (Å²) in [7, 11) is 0. The minimum Gasteiger partial charge on any atom is -0.381 e.